The molecule has 0 amide bonds. The Morgan fingerprint density at radius 3 is 2.80 bits per heavy atom. The van der Waals surface area contributed by atoms with Crippen molar-refractivity contribution in [3.63, 3.8) is 0 Å². The van der Waals surface area contributed by atoms with Gasteiger partial charge in [0.25, 0.3) is 0 Å². The van der Waals surface area contributed by atoms with Crippen molar-refractivity contribution in [1.82, 2.24) is 9.55 Å². The number of fused-ring (bicyclic) bond motifs is 1. The number of halogens is 3. The van der Waals surface area contributed by atoms with E-state index in [0.29, 0.717) is 31.1 Å². The van der Waals surface area contributed by atoms with Crippen LogP contribution < -0.4 is 0 Å². The first kappa shape index (κ1) is 15.2. The predicted octanol–water partition coefficient (Wildman–Crippen LogP) is 3.87. The van der Waals surface area contributed by atoms with Gasteiger partial charge in [-0.2, -0.15) is 0 Å². The fourth-order valence-electron chi connectivity index (χ4n) is 2.05. The van der Waals surface area contributed by atoms with E-state index < -0.39 is 11.6 Å². The van der Waals surface area contributed by atoms with Crippen LogP contribution in [0.2, 0.25) is 0 Å². The lowest BCUT2D eigenvalue weighted by Crippen LogP contribution is -2.09. The van der Waals surface area contributed by atoms with E-state index in [1.807, 2.05) is 0 Å². The molecule has 0 bridgehead atoms. The van der Waals surface area contributed by atoms with Crippen molar-refractivity contribution in [2.45, 2.75) is 32.2 Å². The Balaban J connectivity index is 2.21. The summed E-state index contributed by atoms with van der Waals surface area (Å²) < 4.78 is 34.2. The van der Waals surface area contributed by atoms with Crippen LogP contribution in [0.5, 0.6) is 0 Å². The van der Waals surface area contributed by atoms with Crippen molar-refractivity contribution in [2.75, 3.05) is 13.2 Å². The van der Waals surface area contributed by atoms with Gasteiger partial charge in [0.15, 0.2) is 5.82 Å². The Hall–Kier alpha value is -1.20. The summed E-state index contributed by atoms with van der Waals surface area (Å²) >= 11 is 5.82. The summed E-state index contributed by atoms with van der Waals surface area (Å²) in [5.41, 5.74) is 0.563. The zero-order chi connectivity index (χ0) is 14.5. The van der Waals surface area contributed by atoms with Gasteiger partial charge < -0.3 is 9.30 Å². The molecule has 1 aromatic carbocycles. The monoisotopic (exact) mass is 302 g/mol. The van der Waals surface area contributed by atoms with Gasteiger partial charge in [0, 0.05) is 19.2 Å². The number of hydrogen-bond donors (Lipinski definition) is 0. The number of aromatic nitrogens is 2. The Labute approximate surface area is 121 Å². The first-order chi connectivity index (χ1) is 9.67. The zero-order valence-electron chi connectivity index (χ0n) is 11.3. The SMILES string of the molecule is CCCCOCCn1c(CCl)nc2c(F)cc(F)cc21. The Morgan fingerprint density at radius 1 is 1.30 bits per heavy atom. The number of hydrogen-bond acceptors (Lipinski definition) is 2. The summed E-state index contributed by atoms with van der Waals surface area (Å²) in [7, 11) is 0. The van der Waals surface area contributed by atoms with Crippen LogP contribution in [0.1, 0.15) is 25.6 Å². The van der Waals surface area contributed by atoms with Crippen molar-refractivity contribution in [3.05, 3.63) is 29.6 Å². The van der Waals surface area contributed by atoms with Gasteiger partial charge >= 0.3 is 0 Å². The predicted molar refractivity (Wildman–Crippen MR) is 74.9 cm³/mol. The molecule has 1 aromatic heterocycles. The lowest BCUT2D eigenvalue weighted by molar-refractivity contribution is 0.124. The second-order valence-corrected chi connectivity index (χ2v) is 4.80. The van der Waals surface area contributed by atoms with Gasteiger partial charge in [-0.3, -0.25) is 0 Å². The van der Waals surface area contributed by atoms with Crippen molar-refractivity contribution < 1.29 is 13.5 Å². The van der Waals surface area contributed by atoms with Crippen LogP contribution in [0.3, 0.4) is 0 Å². The lowest BCUT2D eigenvalue weighted by atomic mass is 10.3. The van der Waals surface area contributed by atoms with Gasteiger partial charge in [-0.15, -0.1) is 11.6 Å². The number of benzene rings is 1. The summed E-state index contributed by atoms with van der Waals surface area (Å²) in [4.78, 5) is 4.12. The van der Waals surface area contributed by atoms with Crippen LogP contribution in [0.25, 0.3) is 11.0 Å². The molecular formula is C14H17ClF2N2O. The van der Waals surface area contributed by atoms with E-state index in [1.165, 1.54) is 6.07 Å². The Morgan fingerprint density at radius 2 is 2.10 bits per heavy atom. The third-order valence-corrected chi connectivity index (χ3v) is 3.31. The summed E-state index contributed by atoms with van der Waals surface area (Å²) in [5, 5.41) is 0. The molecular weight excluding hydrogens is 286 g/mol. The highest BCUT2D eigenvalue weighted by Gasteiger charge is 2.14. The molecule has 2 rings (SSSR count). The van der Waals surface area contributed by atoms with Gasteiger partial charge in [-0.1, -0.05) is 13.3 Å². The molecule has 0 N–H and O–H groups in total. The van der Waals surface area contributed by atoms with Crippen molar-refractivity contribution in [1.29, 1.82) is 0 Å². The van der Waals surface area contributed by atoms with Crippen LogP contribution in [-0.2, 0) is 17.2 Å². The quantitative estimate of drug-likeness (QED) is 0.573. The molecule has 0 spiro atoms. The second-order valence-electron chi connectivity index (χ2n) is 4.53. The second kappa shape index (κ2) is 6.99. The van der Waals surface area contributed by atoms with E-state index >= 15 is 0 Å². The molecule has 6 heteroatoms. The molecule has 0 aliphatic rings. The molecule has 20 heavy (non-hydrogen) atoms. The summed E-state index contributed by atoms with van der Waals surface area (Å²) in [5.74, 6) is -0.628. The topological polar surface area (TPSA) is 27.1 Å². The highest BCUT2D eigenvalue weighted by Crippen LogP contribution is 2.22. The van der Waals surface area contributed by atoms with Crippen LogP contribution in [0.15, 0.2) is 12.1 Å². The summed E-state index contributed by atoms with van der Waals surface area (Å²) in [6.45, 7) is 3.71. The van der Waals surface area contributed by atoms with E-state index in [4.69, 9.17) is 16.3 Å². The molecule has 0 atom stereocenters. The van der Waals surface area contributed by atoms with E-state index in [1.54, 1.807) is 4.57 Å². The van der Waals surface area contributed by atoms with E-state index in [2.05, 4.69) is 11.9 Å². The number of rotatable bonds is 7. The van der Waals surface area contributed by atoms with Gasteiger partial charge in [-0.05, 0) is 12.5 Å². The molecule has 0 aliphatic heterocycles. The average Bonchev–Trinajstić information content (AvgIpc) is 2.77. The van der Waals surface area contributed by atoms with E-state index in [9.17, 15) is 8.78 Å². The Bertz CT molecular complexity index is 586. The number of unbranched alkanes of at least 4 members (excludes halogenated alkanes) is 1. The highest BCUT2D eigenvalue weighted by molar-refractivity contribution is 6.16. The third kappa shape index (κ3) is 3.27. The minimum atomic E-state index is -0.669. The van der Waals surface area contributed by atoms with E-state index in [-0.39, 0.29) is 11.4 Å². The minimum Gasteiger partial charge on any atom is -0.380 e. The number of imidazole rings is 1. The maximum Gasteiger partial charge on any atom is 0.153 e. The van der Waals surface area contributed by atoms with Crippen LogP contribution >= 0.6 is 11.6 Å². The normalized spacial score (nSPS) is 11.4. The molecule has 1 heterocycles. The number of ether oxygens (including phenoxy) is 1. The standard InChI is InChI=1S/C14H17ClF2N2O/c1-2-3-5-20-6-4-19-12-8-10(16)7-11(17)14(12)18-13(19)9-15/h7-8H,2-6,9H2,1H3. The molecule has 2 aromatic rings. The highest BCUT2D eigenvalue weighted by atomic mass is 35.5. The fourth-order valence-corrected chi connectivity index (χ4v) is 2.26. The molecule has 0 aliphatic carbocycles. The van der Waals surface area contributed by atoms with Gasteiger partial charge in [-0.25, -0.2) is 13.8 Å². The molecule has 110 valence electrons. The molecule has 3 nitrogen and oxygen atoms in total. The summed E-state index contributed by atoms with van der Waals surface area (Å²) in [6, 6.07) is 2.10. The average molecular weight is 303 g/mol. The third-order valence-electron chi connectivity index (χ3n) is 3.07. The first-order valence-electron chi connectivity index (χ1n) is 6.65. The van der Waals surface area contributed by atoms with E-state index in [0.717, 1.165) is 18.9 Å². The zero-order valence-corrected chi connectivity index (χ0v) is 12.1. The van der Waals surface area contributed by atoms with Gasteiger partial charge in [0.1, 0.15) is 17.2 Å². The van der Waals surface area contributed by atoms with Crippen LogP contribution in [0.4, 0.5) is 8.78 Å². The number of alkyl halides is 1. The van der Waals surface area contributed by atoms with Crippen molar-refractivity contribution in [2.24, 2.45) is 0 Å². The molecule has 0 fully saturated rings. The minimum absolute atomic E-state index is 0.144. The fraction of sp³-hybridized carbons (Fsp3) is 0.500. The number of nitrogens with zero attached hydrogens (tertiary/aromatic N) is 2. The maximum absolute atomic E-state index is 13.7. The molecule has 0 saturated carbocycles. The van der Waals surface area contributed by atoms with Gasteiger partial charge in [0.2, 0.25) is 0 Å². The van der Waals surface area contributed by atoms with Crippen LogP contribution in [-0.4, -0.2) is 22.8 Å². The maximum atomic E-state index is 13.7. The largest absolute Gasteiger partial charge is 0.380 e. The Kier molecular flexibility index (Phi) is 5.31. The van der Waals surface area contributed by atoms with Crippen LogP contribution in [0, 0.1) is 11.6 Å². The lowest BCUT2D eigenvalue weighted by Gasteiger charge is -2.08. The molecule has 0 saturated heterocycles. The molecule has 0 radical (unpaired) electrons. The molecule has 0 unspecified atom stereocenters. The smallest absolute Gasteiger partial charge is 0.153 e. The van der Waals surface area contributed by atoms with Crippen molar-refractivity contribution in [3.8, 4) is 0 Å². The first-order valence-corrected chi connectivity index (χ1v) is 7.18. The van der Waals surface area contributed by atoms with Gasteiger partial charge in [0.05, 0.1) is 18.0 Å². The van der Waals surface area contributed by atoms with Crippen molar-refractivity contribution >= 4 is 22.6 Å². The summed E-state index contributed by atoms with van der Waals surface area (Å²) in [6.07, 6.45) is 2.06.